The highest BCUT2D eigenvalue weighted by atomic mass is 32.1. The van der Waals surface area contributed by atoms with E-state index in [1.54, 1.807) is 11.3 Å². The minimum atomic E-state index is 0.285. The minimum absolute atomic E-state index is 0.285. The first-order valence-corrected chi connectivity index (χ1v) is 7.14. The molecule has 1 aromatic rings. The SMILES string of the molecule is Cc1nc(CN(C(=O)CC(C)C)C2CC2)cs1. The quantitative estimate of drug-likeness (QED) is 0.807. The molecule has 1 fully saturated rings. The number of aryl methyl sites for hydroxylation is 1. The van der Waals surface area contributed by atoms with Crippen LogP contribution in [0.4, 0.5) is 0 Å². The van der Waals surface area contributed by atoms with E-state index < -0.39 is 0 Å². The summed E-state index contributed by atoms with van der Waals surface area (Å²) >= 11 is 1.66. The molecule has 0 saturated heterocycles. The van der Waals surface area contributed by atoms with Gasteiger partial charge in [-0.2, -0.15) is 0 Å². The number of thiazole rings is 1. The summed E-state index contributed by atoms with van der Waals surface area (Å²) in [6, 6.07) is 0.475. The summed E-state index contributed by atoms with van der Waals surface area (Å²) in [7, 11) is 0. The highest BCUT2D eigenvalue weighted by Crippen LogP contribution is 2.29. The second-order valence-electron chi connectivity index (χ2n) is 5.21. The Kier molecular flexibility index (Phi) is 3.82. The molecule has 0 atom stereocenters. The van der Waals surface area contributed by atoms with Gasteiger partial charge < -0.3 is 4.90 Å². The van der Waals surface area contributed by atoms with E-state index in [1.807, 2.05) is 11.8 Å². The van der Waals surface area contributed by atoms with Crippen molar-refractivity contribution in [2.24, 2.45) is 5.92 Å². The van der Waals surface area contributed by atoms with Crippen molar-refractivity contribution >= 4 is 17.2 Å². The summed E-state index contributed by atoms with van der Waals surface area (Å²) in [4.78, 5) is 18.6. The van der Waals surface area contributed by atoms with Gasteiger partial charge in [-0.3, -0.25) is 4.79 Å². The van der Waals surface area contributed by atoms with Crippen molar-refractivity contribution in [2.45, 2.75) is 52.6 Å². The van der Waals surface area contributed by atoms with Gasteiger partial charge in [0.2, 0.25) is 5.91 Å². The maximum atomic E-state index is 12.1. The van der Waals surface area contributed by atoms with E-state index in [4.69, 9.17) is 0 Å². The lowest BCUT2D eigenvalue weighted by Gasteiger charge is -2.22. The number of hydrogen-bond donors (Lipinski definition) is 0. The van der Waals surface area contributed by atoms with Crippen LogP contribution in [-0.2, 0) is 11.3 Å². The average molecular weight is 252 g/mol. The summed E-state index contributed by atoms with van der Waals surface area (Å²) in [6.45, 7) is 6.89. The van der Waals surface area contributed by atoms with Crippen LogP contribution >= 0.6 is 11.3 Å². The van der Waals surface area contributed by atoms with E-state index >= 15 is 0 Å². The van der Waals surface area contributed by atoms with Crippen molar-refractivity contribution < 1.29 is 4.79 Å². The number of nitrogens with zero attached hydrogens (tertiary/aromatic N) is 2. The maximum Gasteiger partial charge on any atom is 0.223 e. The van der Waals surface area contributed by atoms with Crippen molar-refractivity contribution in [2.75, 3.05) is 0 Å². The predicted octanol–water partition coefficient (Wildman–Crippen LogP) is 2.99. The Hall–Kier alpha value is -0.900. The van der Waals surface area contributed by atoms with Gasteiger partial charge in [-0.25, -0.2) is 4.98 Å². The van der Waals surface area contributed by atoms with Crippen LogP contribution in [0.2, 0.25) is 0 Å². The molecule has 0 aliphatic heterocycles. The van der Waals surface area contributed by atoms with Crippen LogP contribution < -0.4 is 0 Å². The zero-order valence-electron chi connectivity index (χ0n) is 10.8. The number of carbonyl (C=O) groups is 1. The zero-order valence-corrected chi connectivity index (χ0v) is 11.6. The van der Waals surface area contributed by atoms with E-state index in [2.05, 4.69) is 24.2 Å². The van der Waals surface area contributed by atoms with E-state index in [9.17, 15) is 4.79 Å². The molecule has 0 unspecified atom stereocenters. The third-order valence-electron chi connectivity index (χ3n) is 2.89. The first-order valence-electron chi connectivity index (χ1n) is 6.26. The van der Waals surface area contributed by atoms with Gasteiger partial charge in [-0.1, -0.05) is 13.8 Å². The second kappa shape index (κ2) is 5.17. The molecule has 1 saturated carbocycles. The molecule has 1 aromatic heterocycles. The minimum Gasteiger partial charge on any atom is -0.334 e. The van der Waals surface area contributed by atoms with Crippen LogP contribution in [0.5, 0.6) is 0 Å². The lowest BCUT2D eigenvalue weighted by atomic mass is 10.1. The van der Waals surface area contributed by atoms with Crippen molar-refractivity contribution in [1.82, 2.24) is 9.88 Å². The monoisotopic (exact) mass is 252 g/mol. The molecule has 1 aliphatic carbocycles. The van der Waals surface area contributed by atoms with Crippen molar-refractivity contribution in [3.8, 4) is 0 Å². The molecular weight excluding hydrogens is 232 g/mol. The largest absolute Gasteiger partial charge is 0.334 e. The molecule has 1 heterocycles. The molecule has 3 nitrogen and oxygen atoms in total. The first kappa shape index (κ1) is 12.6. The molecule has 2 rings (SSSR count). The lowest BCUT2D eigenvalue weighted by Crippen LogP contribution is -2.33. The molecule has 17 heavy (non-hydrogen) atoms. The summed E-state index contributed by atoms with van der Waals surface area (Å²) < 4.78 is 0. The van der Waals surface area contributed by atoms with Gasteiger partial charge in [0.25, 0.3) is 0 Å². The van der Waals surface area contributed by atoms with Crippen LogP contribution in [0.15, 0.2) is 5.38 Å². The molecule has 0 bridgehead atoms. The molecule has 0 aromatic carbocycles. The van der Waals surface area contributed by atoms with E-state index in [0.29, 0.717) is 24.9 Å². The van der Waals surface area contributed by atoms with Gasteiger partial charge in [0.05, 0.1) is 17.2 Å². The van der Waals surface area contributed by atoms with Crippen molar-refractivity contribution in [3.05, 3.63) is 16.1 Å². The van der Waals surface area contributed by atoms with Gasteiger partial charge in [0, 0.05) is 17.8 Å². The number of amides is 1. The van der Waals surface area contributed by atoms with Crippen molar-refractivity contribution in [3.63, 3.8) is 0 Å². The Bertz CT molecular complexity index is 396. The molecule has 1 aliphatic rings. The van der Waals surface area contributed by atoms with E-state index in [1.165, 1.54) is 0 Å². The molecule has 4 heteroatoms. The Balaban J connectivity index is 2.00. The highest BCUT2D eigenvalue weighted by Gasteiger charge is 2.32. The van der Waals surface area contributed by atoms with Crippen LogP contribution in [0.3, 0.4) is 0 Å². The molecule has 0 spiro atoms. The second-order valence-corrected chi connectivity index (χ2v) is 6.27. The van der Waals surface area contributed by atoms with Crippen LogP contribution in [0.25, 0.3) is 0 Å². The predicted molar refractivity (Wildman–Crippen MR) is 69.9 cm³/mol. The average Bonchev–Trinajstić information content (AvgIpc) is 2.98. The summed E-state index contributed by atoms with van der Waals surface area (Å²) in [5.74, 6) is 0.717. The number of rotatable bonds is 5. The summed E-state index contributed by atoms with van der Waals surface area (Å²) in [5.41, 5.74) is 1.04. The fraction of sp³-hybridized carbons (Fsp3) is 0.692. The number of hydrogen-bond acceptors (Lipinski definition) is 3. The third kappa shape index (κ3) is 3.53. The van der Waals surface area contributed by atoms with E-state index in [0.717, 1.165) is 23.5 Å². The lowest BCUT2D eigenvalue weighted by molar-refractivity contribution is -0.133. The summed E-state index contributed by atoms with van der Waals surface area (Å²) in [6.07, 6.45) is 2.97. The molecule has 0 N–H and O–H groups in total. The molecule has 1 amide bonds. The third-order valence-corrected chi connectivity index (χ3v) is 3.71. The molecular formula is C13H20N2OS. The highest BCUT2D eigenvalue weighted by molar-refractivity contribution is 7.09. The van der Waals surface area contributed by atoms with Crippen LogP contribution in [0.1, 0.15) is 43.8 Å². The fourth-order valence-electron chi connectivity index (χ4n) is 1.93. The topological polar surface area (TPSA) is 33.2 Å². The van der Waals surface area contributed by atoms with Gasteiger partial charge in [-0.05, 0) is 25.7 Å². The normalized spacial score (nSPS) is 15.3. The van der Waals surface area contributed by atoms with Crippen LogP contribution in [-0.4, -0.2) is 21.8 Å². The van der Waals surface area contributed by atoms with Crippen LogP contribution in [0, 0.1) is 12.8 Å². The number of aromatic nitrogens is 1. The Morgan fingerprint density at radius 2 is 2.29 bits per heavy atom. The summed E-state index contributed by atoms with van der Waals surface area (Å²) in [5, 5.41) is 3.14. The molecule has 0 radical (unpaired) electrons. The molecule has 94 valence electrons. The zero-order chi connectivity index (χ0) is 12.4. The van der Waals surface area contributed by atoms with Crippen molar-refractivity contribution in [1.29, 1.82) is 0 Å². The Morgan fingerprint density at radius 3 is 2.76 bits per heavy atom. The van der Waals surface area contributed by atoms with Gasteiger partial charge >= 0.3 is 0 Å². The number of carbonyl (C=O) groups excluding carboxylic acids is 1. The smallest absolute Gasteiger partial charge is 0.223 e. The van der Waals surface area contributed by atoms with Gasteiger partial charge in [0.15, 0.2) is 0 Å². The maximum absolute atomic E-state index is 12.1. The van der Waals surface area contributed by atoms with E-state index in [-0.39, 0.29) is 5.91 Å². The standard InChI is InChI=1S/C13H20N2OS/c1-9(2)6-13(16)15(12-4-5-12)7-11-8-17-10(3)14-11/h8-9,12H,4-7H2,1-3H3. The Morgan fingerprint density at radius 1 is 1.59 bits per heavy atom. The fourth-order valence-corrected chi connectivity index (χ4v) is 2.53. The van der Waals surface area contributed by atoms with Gasteiger partial charge in [0.1, 0.15) is 0 Å². The Labute approximate surface area is 107 Å². The first-order chi connectivity index (χ1) is 8.06. The van der Waals surface area contributed by atoms with Gasteiger partial charge in [-0.15, -0.1) is 11.3 Å².